The molecule has 4 nitrogen and oxygen atoms in total. The molecule has 5 N–H and O–H groups in total. The Kier molecular flexibility index (Phi) is 6.28. The molecule has 0 amide bonds. The number of hydrogen-bond donors (Lipinski definition) is 4. The number of aliphatic hydroxyl groups is 2. The summed E-state index contributed by atoms with van der Waals surface area (Å²) in [5.74, 6) is 0. The van der Waals surface area contributed by atoms with Crippen molar-refractivity contribution in [2.75, 3.05) is 32.8 Å². The van der Waals surface area contributed by atoms with E-state index in [0.29, 0.717) is 13.0 Å². The first-order valence-corrected chi connectivity index (χ1v) is 4.37. The second kappa shape index (κ2) is 6.37. The van der Waals surface area contributed by atoms with Gasteiger partial charge in [0, 0.05) is 12.0 Å². The predicted octanol–water partition coefficient (Wildman–Crippen LogP) is -1.08. The van der Waals surface area contributed by atoms with Gasteiger partial charge >= 0.3 is 0 Å². The molecule has 0 aromatic carbocycles. The molecule has 0 aromatic rings. The smallest absolute Gasteiger partial charge is 0.0522 e. The number of nitrogens with one attached hydrogen (secondary N) is 1. The maximum absolute atomic E-state index is 9.01. The van der Waals surface area contributed by atoms with Gasteiger partial charge in [-0.05, 0) is 19.5 Å². The first kappa shape index (κ1) is 11.8. The molecule has 0 aliphatic heterocycles. The molecule has 0 spiro atoms. The summed E-state index contributed by atoms with van der Waals surface area (Å²) in [4.78, 5) is 0. The lowest BCUT2D eigenvalue weighted by atomic mass is 9.86. The molecule has 0 aromatic heterocycles. The zero-order chi connectivity index (χ0) is 9.45. The molecule has 4 heteroatoms. The minimum Gasteiger partial charge on any atom is -0.396 e. The molecule has 0 rings (SSSR count). The van der Waals surface area contributed by atoms with Crippen LogP contribution in [0.3, 0.4) is 0 Å². The van der Waals surface area contributed by atoms with Gasteiger partial charge in [-0.1, -0.05) is 6.92 Å². The lowest BCUT2D eigenvalue weighted by molar-refractivity contribution is 0.0547. The molecule has 0 fully saturated rings. The van der Waals surface area contributed by atoms with Crippen molar-refractivity contribution in [3.05, 3.63) is 0 Å². The van der Waals surface area contributed by atoms with Crippen LogP contribution in [0, 0.1) is 5.41 Å². The van der Waals surface area contributed by atoms with Gasteiger partial charge in [-0.25, -0.2) is 0 Å². The van der Waals surface area contributed by atoms with Gasteiger partial charge in [0.05, 0.1) is 13.2 Å². The standard InChI is InChI=1S/C8H20N2O2/c1-2-10-4-3-8(5-9,6-11)7-12/h10-12H,2-7,9H2,1H3. The van der Waals surface area contributed by atoms with Crippen LogP contribution in [0.4, 0.5) is 0 Å². The zero-order valence-electron chi connectivity index (χ0n) is 7.71. The van der Waals surface area contributed by atoms with Crippen molar-refractivity contribution in [2.45, 2.75) is 13.3 Å². The van der Waals surface area contributed by atoms with E-state index in [9.17, 15) is 0 Å². The summed E-state index contributed by atoms with van der Waals surface area (Å²) < 4.78 is 0. The summed E-state index contributed by atoms with van der Waals surface area (Å²) in [6, 6.07) is 0. The van der Waals surface area contributed by atoms with Crippen LogP contribution in [0.2, 0.25) is 0 Å². The van der Waals surface area contributed by atoms with Crippen LogP contribution in [0.5, 0.6) is 0 Å². The third-order valence-electron chi connectivity index (χ3n) is 2.19. The van der Waals surface area contributed by atoms with Crippen molar-refractivity contribution >= 4 is 0 Å². The van der Waals surface area contributed by atoms with E-state index in [1.807, 2.05) is 6.92 Å². The normalized spacial score (nSPS) is 12.0. The van der Waals surface area contributed by atoms with E-state index in [4.69, 9.17) is 15.9 Å². The molecule has 0 aliphatic carbocycles. The lowest BCUT2D eigenvalue weighted by Gasteiger charge is -2.27. The quantitative estimate of drug-likeness (QED) is 0.372. The van der Waals surface area contributed by atoms with Gasteiger partial charge < -0.3 is 21.3 Å². The minimum absolute atomic E-state index is 0.0502. The fourth-order valence-electron chi connectivity index (χ4n) is 0.970. The molecule has 0 saturated carbocycles. The van der Waals surface area contributed by atoms with Gasteiger partial charge in [-0.3, -0.25) is 0 Å². The zero-order valence-corrected chi connectivity index (χ0v) is 7.71. The Labute approximate surface area is 73.8 Å². The molecule has 0 atom stereocenters. The minimum atomic E-state index is -0.498. The summed E-state index contributed by atoms with van der Waals surface area (Å²) in [5.41, 5.74) is 4.97. The molecule has 12 heavy (non-hydrogen) atoms. The maximum atomic E-state index is 9.01. The van der Waals surface area contributed by atoms with E-state index in [1.54, 1.807) is 0 Å². The van der Waals surface area contributed by atoms with Crippen LogP contribution in [0.15, 0.2) is 0 Å². The Morgan fingerprint density at radius 2 is 1.92 bits per heavy atom. The van der Waals surface area contributed by atoms with Crippen LogP contribution < -0.4 is 11.1 Å². The first-order valence-electron chi connectivity index (χ1n) is 4.37. The highest BCUT2D eigenvalue weighted by atomic mass is 16.3. The highest BCUT2D eigenvalue weighted by Crippen LogP contribution is 2.17. The summed E-state index contributed by atoms with van der Waals surface area (Å²) in [6.07, 6.45) is 0.713. The number of hydrogen-bond acceptors (Lipinski definition) is 4. The molecule has 0 radical (unpaired) electrons. The highest BCUT2D eigenvalue weighted by molar-refractivity contribution is 4.79. The van der Waals surface area contributed by atoms with E-state index in [2.05, 4.69) is 5.32 Å². The van der Waals surface area contributed by atoms with Crippen LogP contribution in [0.1, 0.15) is 13.3 Å². The predicted molar refractivity (Wildman–Crippen MR) is 48.8 cm³/mol. The molecule has 0 unspecified atom stereocenters. The van der Waals surface area contributed by atoms with Gasteiger partial charge in [0.2, 0.25) is 0 Å². The molecule has 0 heterocycles. The maximum Gasteiger partial charge on any atom is 0.0522 e. The second-order valence-electron chi connectivity index (χ2n) is 3.12. The fourth-order valence-corrected chi connectivity index (χ4v) is 0.970. The molecule has 0 saturated heterocycles. The van der Waals surface area contributed by atoms with Gasteiger partial charge in [-0.2, -0.15) is 0 Å². The summed E-state index contributed by atoms with van der Waals surface area (Å²) in [5, 5.41) is 21.1. The second-order valence-corrected chi connectivity index (χ2v) is 3.12. The Bertz CT molecular complexity index is 97.0. The Morgan fingerprint density at radius 1 is 1.33 bits per heavy atom. The van der Waals surface area contributed by atoms with Gasteiger partial charge in [-0.15, -0.1) is 0 Å². The first-order chi connectivity index (χ1) is 5.74. The largest absolute Gasteiger partial charge is 0.396 e. The molecule has 74 valence electrons. The molecule has 0 bridgehead atoms. The van der Waals surface area contributed by atoms with E-state index in [-0.39, 0.29) is 13.2 Å². The Balaban J connectivity index is 3.76. The lowest BCUT2D eigenvalue weighted by Crippen LogP contribution is -2.40. The molecular formula is C8H20N2O2. The fraction of sp³-hybridized carbons (Fsp3) is 1.00. The van der Waals surface area contributed by atoms with Crippen molar-refractivity contribution in [3.8, 4) is 0 Å². The van der Waals surface area contributed by atoms with Gasteiger partial charge in [0.25, 0.3) is 0 Å². The van der Waals surface area contributed by atoms with Crippen molar-refractivity contribution in [1.82, 2.24) is 5.32 Å². The van der Waals surface area contributed by atoms with Crippen molar-refractivity contribution in [2.24, 2.45) is 11.1 Å². The Hall–Kier alpha value is -0.160. The van der Waals surface area contributed by atoms with E-state index in [0.717, 1.165) is 13.1 Å². The van der Waals surface area contributed by atoms with Crippen LogP contribution in [-0.4, -0.2) is 43.1 Å². The van der Waals surface area contributed by atoms with Crippen LogP contribution in [0.25, 0.3) is 0 Å². The van der Waals surface area contributed by atoms with Gasteiger partial charge in [0.15, 0.2) is 0 Å². The SMILES string of the molecule is CCNCCC(CN)(CO)CO. The van der Waals surface area contributed by atoms with Crippen LogP contribution in [-0.2, 0) is 0 Å². The summed E-state index contributed by atoms with van der Waals surface area (Å²) in [6.45, 7) is 3.93. The summed E-state index contributed by atoms with van der Waals surface area (Å²) in [7, 11) is 0. The number of nitrogens with two attached hydrogens (primary N) is 1. The number of rotatable bonds is 7. The Morgan fingerprint density at radius 3 is 2.25 bits per heavy atom. The summed E-state index contributed by atoms with van der Waals surface area (Å²) >= 11 is 0. The topological polar surface area (TPSA) is 78.5 Å². The monoisotopic (exact) mass is 176 g/mol. The van der Waals surface area contributed by atoms with Crippen LogP contribution >= 0.6 is 0 Å². The van der Waals surface area contributed by atoms with Gasteiger partial charge in [0.1, 0.15) is 0 Å². The van der Waals surface area contributed by atoms with Crippen molar-refractivity contribution in [1.29, 1.82) is 0 Å². The van der Waals surface area contributed by atoms with E-state index in [1.165, 1.54) is 0 Å². The third-order valence-corrected chi connectivity index (χ3v) is 2.19. The molecule has 0 aliphatic rings. The third kappa shape index (κ3) is 3.49. The van der Waals surface area contributed by atoms with E-state index < -0.39 is 5.41 Å². The average Bonchev–Trinajstić information content (AvgIpc) is 2.14. The van der Waals surface area contributed by atoms with Crippen molar-refractivity contribution in [3.63, 3.8) is 0 Å². The van der Waals surface area contributed by atoms with E-state index >= 15 is 0 Å². The number of aliphatic hydroxyl groups excluding tert-OH is 2. The van der Waals surface area contributed by atoms with Crippen molar-refractivity contribution < 1.29 is 10.2 Å². The molecular weight excluding hydrogens is 156 g/mol. The average molecular weight is 176 g/mol. The highest BCUT2D eigenvalue weighted by Gasteiger charge is 2.26.